The van der Waals surface area contributed by atoms with E-state index in [0.717, 1.165) is 0 Å². The lowest BCUT2D eigenvalue weighted by Gasteiger charge is -1.93. The summed E-state index contributed by atoms with van der Waals surface area (Å²) >= 11 is 5.72. The number of rotatable bonds is 2. The van der Waals surface area contributed by atoms with Crippen LogP contribution in [-0.2, 0) is 0 Å². The zero-order valence-corrected chi connectivity index (χ0v) is 7.59. The van der Waals surface area contributed by atoms with Crippen LogP contribution in [0.1, 0.15) is 43.8 Å². The van der Waals surface area contributed by atoms with Gasteiger partial charge >= 0.3 is 0 Å². The molecule has 0 bridgehead atoms. The zero-order valence-electron chi connectivity index (χ0n) is 6.84. The Labute approximate surface area is 70.7 Å². The highest BCUT2D eigenvalue weighted by atomic mass is 35.5. The molecular formula is C7H11ClN2O. The van der Waals surface area contributed by atoms with Crippen LogP contribution in [0.3, 0.4) is 0 Å². The van der Waals surface area contributed by atoms with Crippen LogP contribution < -0.4 is 0 Å². The topological polar surface area (TPSA) is 38.9 Å². The van der Waals surface area contributed by atoms with Crippen molar-refractivity contribution in [2.24, 2.45) is 0 Å². The van der Waals surface area contributed by atoms with Crippen LogP contribution in [-0.4, -0.2) is 10.1 Å². The van der Waals surface area contributed by atoms with Gasteiger partial charge in [0.05, 0.1) is 0 Å². The van der Waals surface area contributed by atoms with Gasteiger partial charge in [-0.05, 0) is 6.92 Å². The van der Waals surface area contributed by atoms with E-state index >= 15 is 0 Å². The fraction of sp³-hybridized carbons (Fsp3) is 0.714. The quantitative estimate of drug-likeness (QED) is 0.647. The van der Waals surface area contributed by atoms with E-state index in [4.69, 9.17) is 16.1 Å². The lowest BCUT2D eigenvalue weighted by molar-refractivity contribution is 0.372. The Kier molecular flexibility index (Phi) is 2.49. The van der Waals surface area contributed by atoms with Gasteiger partial charge in [0.2, 0.25) is 5.89 Å². The van der Waals surface area contributed by atoms with Crippen molar-refractivity contribution in [3.05, 3.63) is 11.7 Å². The van der Waals surface area contributed by atoms with Crippen LogP contribution in [0.4, 0.5) is 0 Å². The van der Waals surface area contributed by atoms with Crippen molar-refractivity contribution in [2.75, 3.05) is 0 Å². The molecule has 1 aromatic heterocycles. The van der Waals surface area contributed by atoms with Gasteiger partial charge in [0.15, 0.2) is 5.82 Å². The fourth-order valence-electron chi connectivity index (χ4n) is 0.643. The SMILES string of the molecule is CC(C)c1noc([C@H](C)Cl)n1. The average Bonchev–Trinajstić information content (AvgIpc) is 2.33. The maximum atomic E-state index is 5.72. The first kappa shape index (κ1) is 8.53. The van der Waals surface area contributed by atoms with Gasteiger partial charge in [0.1, 0.15) is 5.38 Å². The molecule has 4 heteroatoms. The standard InChI is InChI=1S/C7H11ClN2O/c1-4(2)6-9-7(5(3)8)11-10-6/h4-5H,1-3H3/t5-/m0/s1. The Balaban J connectivity index is 2.82. The molecule has 0 radical (unpaired) electrons. The van der Waals surface area contributed by atoms with E-state index in [2.05, 4.69) is 10.1 Å². The average molecular weight is 175 g/mol. The van der Waals surface area contributed by atoms with Crippen molar-refractivity contribution in [2.45, 2.75) is 32.1 Å². The molecule has 0 saturated carbocycles. The molecule has 0 fully saturated rings. The Bertz CT molecular complexity index is 210. The van der Waals surface area contributed by atoms with Crippen LogP contribution in [0.25, 0.3) is 0 Å². The van der Waals surface area contributed by atoms with E-state index < -0.39 is 0 Å². The summed E-state index contributed by atoms with van der Waals surface area (Å²) in [6, 6.07) is 0. The molecule has 1 heterocycles. The van der Waals surface area contributed by atoms with E-state index in [0.29, 0.717) is 17.6 Å². The van der Waals surface area contributed by atoms with Gasteiger partial charge in [-0.3, -0.25) is 0 Å². The second-order valence-corrected chi connectivity index (χ2v) is 3.42. The molecular weight excluding hydrogens is 164 g/mol. The molecule has 1 atom stereocenters. The van der Waals surface area contributed by atoms with Gasteiger partial charge < -0.3 is 4.52 Å². The van der Waals surface area contributed by atoms with E-state index in [1.165, 1.54) is 0 Å². The first-order valence-electron chi connectivity index (χ1n) is 3.59. The fourth-order valence-corrected chi connectivity index (χ4v) is 0.732. The molecule has 0 spiro atoms. The third kappa shape index (κ3) is 1.93. The minimum Gasteiger partial charge on any atom is -0.338 e. The Hall–Kier alpha value is -0.570. The summed E-state index contributed by atoms with van der Waals surface area (Å²) in [6.45, 7) is 5.82. The van der Waals surface area contributed by atoms with Gasteiger partial charge in [0.25, 0.3) is 0 Å². The van der Waals surface area contributed by atoms with Crippen molar-refractivity contribution in [1.29, 1.82) is 0 Å². The van der Waals surface area contributed by atoms with Gasteiger partial charge in [-0.25, -0.2) is 0 Å². The van der Waals surface area contributed by atoms with Crippen molar-refractivity contribution in [1.82, 2.24) is 10.1 Å². The number of alkyl halides is 1. The summed E-state index contributed by atoms with van der Waals surface area (Å²) in [7, 11) is 0. The van der Waals surface area contributed by atoms with Crippen molar-refractivity contribution >= 4 is 11.6 Å². The largest absolute Gasteiger partial charge is 0.338 e. The monoisotopic (exact) mass is 174 g/mol. The Morgan fingerprint density at radius 3 is 2.27 bits per heavy atom. The predicted octanol–water partition coefficient (Wildman–Crippen LogP) is 2.49. The van der Waals surface area contributed by atoms with Crippen LogP contribution in [0.15, 0.2) is 4.52 Å². The summed E-state index contributed by atoms with van der Waals surface area (Å²) in [4.78, 5) is 4.10. The summed E-state index contributed by atoms with van der Waals surface area (Å²) < 4.78 is 4.89. The summed E-state index contributed by atoms with van der Waals surface area (Å²) in [6.07, 6.45) is 0. The number of hydrogen-bond donors (Lipinski definition) is 0. The minimum atomic E-state index is -0.199. The molecule has 1 rings (SSSR count). The van der Waals surface area contributed by atoms with Crippen LogP contribution in [0.5, 0.6) is 0 Å². The molecule has 0 N–H and O–H groups in total. The maximum Gasteiger partial charge on any atom is 0.244 e. The highest BCUT2D eigenvalue weighted by Crippen LogP contribution is 2.19. The molecule has 62 valence electrons. The smallest absolute Gasteiger partial charge is 0.244 e. The highest BCUT2D eigenvalue weighted by molar-refractivity contribution is 6.20. The van der Waals surface area contributed by atoms with Gasteiger partial charge in [0, 0.05) is 5.92 Å². The van der Waals surface area contributed by atoms with E-state index in [-0.39, 0.29) is 5.38 Å². The van der Waals surface area contributed by atoms with Crippen LogP contribution >= 0.6 is 11.6 Å². The van der Waals surface area contributed by atoms with Gasteiger partial charge in [-0.1, -0.05) is 19.0 Å². The maximum absolute atomic E-state index is 5.72. The predicted molar refractivity (Wildman–Crippen MR) is 42.7 cm³/mol. The molecule has 11 heavy (non-hydrogen) atoms. The molecule has 0 aliphatic carbocycles. The molecule has 0 aliphatic heterocycles. The molecule has 0 saturated heterocycles. The second kappa shape index (κ2) is 3.22. The normalized spacial score (nSPS) is 13.9. The second-order valence-electron chi connectivity index (χ2n) is 2.76. The third-order valence-corrected chi connectivity index (χ3v) is 1.50. The number of hydrogen-bond acceptors (Lipinski definition) is 3. The van der Waals surface area contributed by atoms with E-state index in [1.807, 2.05) is 13.8 Å². The lowest BCUT2D eigenvalue weighted by Crippen LogP contribution is -1.90. The van der Waals surface area contributed by atoms with Crippen molar-refractivity contribution < 1.29 is 4.52 Å². The van der Waals surface area contributed by atoms with Gasteiger partial charge in [-0.15, -0.1) is 11.6 Å². The zero-order chi connectivity index (χ0) is 8.43. The minimum absolute atomic E-state index is 0.199. The first-order valence-corrected chi connectivity index (χ1v) is 4.02. The van der Waals surface area contributed by atoms with Crippen LogP contribution in [0.2, 0.25) is 0 Å². The van der Waals surface area contributed by atoms with E-state index in [9.17, 15) is 0 Å². The highest BCUT2D eigenvalue weighted by Gasteiger charge is 2.12. The van der Waals surface area contributed by atoms with E-state index in [1.54, 1.807) is 6.92 Å². The van der Waals surface area contributed by atoms with Crippen molar-refractivity contribution in [3.8, 4) is 0 Å². The number of halogens is 1. The van der Waals surface area contributed by atoms with Crippen LogP contribution in [0, 0.1) is 0 Å². The summed E-state index contributed by atoms with van der Waals surface area (Å²) in [5.74, 6) is 1.51. The number of nitrogens with zero attached hydrogens (tertiary/aromatic N) is 2. The molecule has 0 aromatic carbocycles. The number of aromatic nitrogens is 2. The third-order valence-electron chi connectivity index (χ3n) is 1.31. The van der Waals surface area contributed by atoms with Gasteiger partial charge in [-0.2, -0.15) is 4.98 Å². The summed E-state index contributed by atoms with van der Waals surface area (Å²) in [5, 5.41) is 3.57. The Morgan fingerprint density at radius 1 is 1.36 bits per heavy atom. The lowest BCUT2D eigenvalue weighted by atomic mass is 10.2. The molecule has 1 aromatic rings. The molecule has 0 aliphatic rings. The Morgan fingerprint density at radius 2 is 2.00 bits per heavy atom. The molecule has 0 unspecified atom stereocenters. The molecule has 3 nitrogen and oxygen atoms in total. The first-order chi connectivity index (χ1) is 5.11. The molecule has 0 amide bonds. The summed E-state index contributed by atoms with van der Waals surface area (Å²) in [5.41, 5.74) is 0. The van der Waals surface area contributed by atoms with Crippen molar-refractivity contribution in [3.63, 3.8) is 0 Å².